The molecule has 1 aromatic heterocycles. The topological polar surface area (TPSA) is 56.0 Å². The van der Waals surface area contributed by atoms with Gasteiger partial charge in [-0.2, -0.15) is 0 Å². The van der Waals surface area contributed by atoms with Crippen molar-refractivity contribution >= 4 is 17.2 Å². The zero-order valence-electron chi connectivity index (χ0n) is 9.86. The number of nitrogens with two attached hydrogens (primary N) is 1. The third-order valence-corrected chi connectivity index (χ3v) is 3.60. The molecular weight excluding hydrogens is 232 g/mol. The van der Waals surface area contributed by atoms with Crippen LogP contribution >= 0.6 is 11.3 Å². The minimum Gasteiger partial charge on any atom is -0.369 e. The zero-order valence-corrected chi connectivity index (χ0v) is 10.7. The molecule has 0 atom stereocenters. The molecule has 1 heterocycles. The molecule has 0 saturated heterocycles. The number of aromatic nitrogens is 1. The summed E-state index contributed by atoms with van der Waals surface area (Å²) in [5.74, 6) is -0.339. The molecule has 0 aliphatic rings. The molecule has 0 bridgehead atoms. The first-order chi connectivity index (χ1) is 8.06. The standard InChI is InChI=1S/C13H14N2OS/c1-8-3-5-10(6-4-8)13-15-11(7-12(14)16)9(2)17-13/h3-6H,7H2,1-2H3,(H2,14,16). The first-order valence-electron chi connectivity index (χ1n) is 5.38. The van der Waals surface area contributed by atoms with Crippen LogP contribution in [-0.4, -0.2) is 10.9 Å². The minimum atomic E-state index is -0.339. The van der Waals surface area contributed by atoms with E-state index in [0.717, 1.165) is 21.1 Å². The Bertz CT molecular complexity index is 543. The van der Waals surface area contributed by atoms with Gasteiger partial charge in [0.15, 0.2) is 0 Å². The summed E-state index contributed by atoms with van der Waals surface area (Å²) >= 11 is 1.60. The van der Waals surface area contributed by atoms with Crippen molar-refractivity contribution in [1.29, 1.82) is 0 Å². The van der Waals surface area contributed by atoms with E-state index >= 15 is 0 Å². The van der Waals surface area contributed by atoms with E-state index in [1.165, 1.54) is 5.56 Å². The summed E-state index contributed by atoms with van der Waals surface area (Å²) in [6.45, 7) is 4.02. The van der Waals surface area contributed by atoms with Gasteiger partial charge in [0.25, 0.3) is 0 Å². The van der Waals surface area contributed by atoms with E-state index in [2.05, 4.69) is 24.0 Å². The van der Waals surface area contributed by atoms with Gasteiger partial charge in [0, 0.05) is 10.4 Å². The van der Waals surface area contributed by atoms with Crippen LogP contribution in [0.1, 0.15) is 16.1 Å². The van der Waals surface area contributed by atoms with Crippen LogP contribution in [0.4, 0.5) is 0 Å². The Balaban J connectivity index is 2.34. The van der Waals surface area contributed by atoms with E-state index < -0.39 is 0 Å². The molecule has 0 spiro atoms. The number of amides is 1. The van der Waals surface area contributed by atoms with E-state index in [4.69, 9.17) is 5.73 Å². The lowest BCUT2D eigenvalue weighted by Gasteiger charge is -1.96. The van der Waals surface area contributed by atoms with E-state index in [-0.39, 0.29) is 12.3 Å². The van der Waals surface area contributed by atoms with Crippen molar-refractivity contribution in [2.45, 2.75) is 20.3 Å². The highest BCUT2D eigenvalue weighted by molar-refractivity contribution is 7.15. The number of carbonyl (C=O) groups excluding carboxylic acids is 1. The number of thiazole rings is 1. The van der Waals surface area contributed by atoms with Crippen LogP contribution in [0.15, 0.2) is 24.3 Å². The summed E-state index contributed by atoms with van der Waals surface area (Å²) in [5.41, 5.74) is 8.28. The average Bonchev–Trinajstić information content (AvgIpc) is 2.60. The van der Waals surface area contributed by atoms with E-state index in [1.54, 1.807) is 11.3 Å². The van der Waals surface area contributed by atoms with Crippen LogP contribution < -0.4 is 5.73 Å². The lowest BCUT2D eigenvalue weighted by Crippen LogP contribution is -2.14. The van der Waals surface area contributed by atoms with Crippen LogP contribution in [0.5, 0.6) is 0 Å². The summed E-state index contributed by atoms with van der Waals surface area (Å²) in [7, 11) is 0. The Kier molecular flexibility index (Phi) is 3.24. The Hall–Kier alpha value is -1.68. The molecule has 0 radical (unpaired) electrons. The molecular formula is C13H14N2OS. The lowest BCUT2D eigenvalue weighted by atomic mass is 10.2. The quantitative estimate of drug-likeness (QED) is 0.904. The van der Waals surface area contributed by atoms with Gasteiger partial charge in [-0.1, -0.05) is 29.8 Å². The molecule has 0 unspecified atom stereocenters. The third kappa shape index (κ3) is 2.71. The van der Waals surface area contributed by atoms with Crippen LogP contribution in [0.2, 0.25) is 0 Å². The fraction of sp³-hybridized carbons (Fsp3) is 0.231. The largest absolute Gasteiger partial charge is 0.369 e. The number of primary amides is 1. The summed E-state index contributed by atoms with van der Waals surface area (Å²) in [5, 5.41) is 0.943. The fourth-order valence-corrected chi connectivity index (χ4v) is 2.51. The summed E-state index contributed by atoms with van der Waals surface area (Å²) < 4.78 is 0. The molecule has 2 N–H and O–H groups in total. The van der Waals surface area contributed by atoms with Gasteiger partial charge < -0.3 is 5.73 Å². The molecule has 4 heteroatoms. The molecule has 1 amide bonds. The number of hydrogen-bond acceptors (Lipinski definition) is 3. The van der Waals surface area contributed by atoms with Crippen LogP contribution in [-0.2, 0) is 11.2 Å². The van der Waals surface area contributed by atoms with E-state index in [1.807, 2.05) is 19.1 Å². The number of carbonyl (C=O) groups is 1. The van der Waals surface area contributed by atoms with Gasteiger partial charge >= 0.3 is 0 Å². The zero-order chi connectivity index (χ0) is 12.4. The molecule has 2 aromatic rings. The van der Waals surface area contributed by atoms with Crippen molar-refractivity contribution < 1.29 is 4.79 Å². The van der Waals surface area contributed by atoms with Crippen molar-refractivity contribution in [2.75, 3.05) is 0 Å². The lowest BCUT2D eigenvalue weighted by molar-refractivity contribution is -0.117. The highest BCUT2D eigenvalue weighted by Crippen LogP contribution is 2.27. The maximum atomic E-state index is 10.9. The van der Waals surface area contributed by atoms with Crippen molar-refractivity contribution in [3.63, 3.8) is 0 Å². The normalized spacial score (nSPS) is 10.5. The van der Waals surface area contributed by atoms with Crippen molar-refractivity contribution in [1.82, 2.24) is 4.98 Å². The summed E-state index contributed by atoms with van der Waals surface area (Å²) in [6.07, 6.45) is 0.216. The Morgan fingerprint density at radius 2 is 1.94 bits per heavy atom. The van der Waals surface area contributed by atoms with Crippen molar-refractivity contribution in [2.24, 2.45) is 5.73 Å². The second-order valence-corrected chi connectivity index (χ2v) is 5.23. The molecule has 0 aliphatic carbocycles. The first-order valence-corrected chi connectivity index (χ1v) is 6.19. The molecule has 17 heavy (non-hydrogen) atoms. The predicted octanol–water partition coefficient (Wildman–Crippen LogP) is 2.45. The maximum Gasteiger partial charge on any atom is 0.223 e. The van der Waals surface area contributed by atoms with Crippen molar-refractivity contribution in [3.05, 3.63) is 40.4 Å². The van der Waals surface area contributed by atoms with Crippen LogP contribution in [0.3, 0.4) is 0 Å². The average molecular weight is 246 g/mol. The van der Waals surface area contributed by atoms with Crippen molar-refractivity contribution in [3.8, 4) is 10.6 Å². The van der Waals surface area contributed by atoms with Gasteiger partial charge in [-0.25, -0.2) is 4.98 Å². The fourth-order valence-electron chi connectivity index (χ4n) is 1.58. The summed E-state index contributed by atoms with van der Waals surface area (Å²) in [6, 6.07) is 8.20. The van der Waals surface area contributed by atoms with Gasteiger partial charge in [-0.3, -0.25) is 4.79 Å². The smallest absolute Gasteiger partial charge is 0.223 e. The number of aryl methyl sites for hydroxylation is 2. The van der Waals surface area contributed by atoms with Crippen LogP contribution in [0, 0.1) is 13.8 Å². The van der Waals surface area contributed by atoms with Gasteiger partial charge in [0.05, 0.1) is 12.1 Å². The molecule has 1 aromatic carbocycles. The van der Waals surface area contributed by atoms with Gasteiger partial charge in [0.1, 0.15) is 5.01 Å². The van der Waals surface area contributed by atoms with Gasteiger partial charge in [-0.15, -0.1) is 11.3 Å². The Labute approximate surface area is 104 Å². The van der Waals surface area contributed by atoms with Crippen LogP contribution in [0.25, 0.3) is 10.6 Å². The van der Waals surface area contributed by atoms with E-state index in [0.29, 0.717) is 0 Å². The SMILES string of the molecule is Cc1ccc(-c2nc(CC(N)=O)c(C)s2)cc1. The molecule has 3 nitrogen and oxygen atoms in total. The second-order valence-electron chi connectivity index (χ2n) is 4.03. The highest BCUT2D eigenvalue weighted by atomic mass is 32.1. The molecule has 88 valence electrons. The molecule has 0 fully saturated rings. The predicted molar refractivity (Wildman–Crippen MR) is 69.9 cm³/mol. The Morgan fingerprint density at radius 3 is 2.53 bits per heavy atom. The van der Waals surface area contributed by atoms with Gasteiger partial charge in [0.2, 0.25) is 5.91 Å². The highest BCUT2D eigenvalue weighted by Gasteiger charge is 2.11. The second kappa shape index (κ2) is 4.67. The minimum absolute atomic E-state index is 0.216. The van der Waals surface area contributed by atoms with E-state index in [9.17, 15) is 4.79 Å². The molecule has 0 aliphatic heterocycles. The summed E-state index contributed by atoms with van der Waals surface area (Å²) in [4.78, 5) is 16.4. The third-order valence-electron chi connectivity index (χ3n) is 2.53. The van der Waals surface area contributed by atoms with Gasteiger partial charge in [-0.05, 0) is 13.8 Å². The number of hydrogen-bond donors (Lipinski definition) is 1. The molecule has 2 rings (SSSR count). The first kappa shape index (κ1) is 11.8. The Morgan fingerprint density at radius 1 is 1.29 bits per heavy atom. The number of benzene rings is 1. The maximum absolute atomic E-state index is 10.9. The number of rotatable bonds is 3. The monoisotopic (exact) mass is 246 g/mol. The molecule has 0 saturated carbocycles. The number of nitrogens with zero attached hydrogens (tertiary/aromatic N) is 1.